The Bertz CT molecular complexity index is 919. The first kappa shape index (κ1) is 20.2. The molecule has 0 amide bonds. The number of nitrogens with zero attached hydrogens (tertiary/aromatic N) is 3. The SMILES string of the molecule is CC(O)Oc1ccc2nc(C=Cc3cnc(N4CCCOC4)s3)oc2c1.CF. The quantitative estimate of drug-likeness (QED) is 0.642. The number of oxazole rings is 1. The summed E-state index contributed by atoms with van der Waals surface area (Å²) in [5, 5.41) is 10.3. The summed E-state index contributed by atoms with van der Waals surface area (Å²) in [6.45, 7) is 3.94. The number of aliphatic hydroxyl groups is 1. The number of thiazole rings is 1. The molecule has 1 unspecified atom stereocenters. The van der Waals surface area contributed by atoms with Gasteiger partial charge in [-0.2, -0.15) is 0 Å². The average Bonchev–Trinajstić information content (AvgIpc) is 3.34. The molecule has 3 heterocycles. The predicted octanol–water partition coefficient (Wildman–Crippen LogP) is 3.94. The third-order valence-corrected chi connectivity index (χ3v) is 4.84. The number of hydrogen-bond acceptors (Lipinski definition) is 8. The highest BCUT2D eigenvalue weighted by Crippen LogP contribution is 2.26. The Kier molecular flexibility index (Phi) is 6.96. The molecule has 4 rings (SSSR count). The zero-order valence-corrected chi connectivity index (χ0v) is 16.5. The van der Waals surface area contributed by atoms with Gasteiger partial charge in [0.25, 0.3) is 0 Å². The van der Waals surface area contributed by atoms with Gasteiger partial charge in [0.15, 0.2) is 17.0 Å². The third-order valence-electron chi connectivity index (χ3n) is 3.82. The van der Waals surface area contributed by atoms with Gasteiger partial charge in [-0.05, 0) is 31.6 Å². The predicted molar refractivity (Wildman–Crippen MR) is 107 cm³/mol. The minimum absolute atomic E-state index is 0.500. The maximum absolute atomic E-state index is 9.50. The van der Waals surface area contributed by atoms with Gasteiger partial charge < -0.3 is 23.9 Å². The maximum atomic E-state index is 9.50. The van der Waals surface area contributed by atoms with Crippen molar-refractivity contribution in [1.29, 1.82) is 0 Å². The second kappa shape index (κ2) is 9.63. The molecule has 150 valence electrons. The van der Waals surface area contributed by atoms with E-state index in [0.717, 1.165) is 35.1 Å². The second-order valence-electron chi connectivity index (χ2n) is 5.93. The standard InChI is InChI=1S/C18H19N3O4S.CH3F/c1-12(22)24-13-3-5-15-16(9-13)25-17(20-15)6-4-14-10-19-18(26-14)21-7-2-8-23-11-21;1-2/h3-6,9-10,12,22H,2,7-8,11H2,1H3;1H3. The fourth-order valence-corrected chi connectivity index (χ4v) is 3.50. The average molecular weight is 407 g/mol. The van der Waals surface area contributed by atoms with Gasteiger partial charge >= 0.3 is 0 Å². The van der Waals surface area contributed by atoms with Crippen molar-refractivity contribution >= 4 is 39.7 Å². The zero-order chi connectivity index (χ0) is 19.9. The molecule has 1 fully saturated rings. The van der Waals surface area contributed by atoms with Gasteiger partial charge in [0.05, 0.1) is 13.8 Å². The lowest BCUT2D eigenvalue weighted by atomic mass is 10.3. The van der Waals surface area contributed by atoms with E-state index in [9.17, 15) is 9.50 Å². The summed E-state index contributed by atoms with van der Waals surface area (Å²) in [5.41, 5.74) is 1.34. The molecular formula is C19H22FN3O4S. The van der Waals surface area contributed by atoms with E-state index in [1.54, 1.807) is 36.5 Å². The van der Waals surface area contributed by atoms with Crippen LogP contribution in [0, 0.1) is 0 Å². The van der Waals surface area contributed by atoms with E-state index in [-0.39, 0.29) is 0 Å². The molecule has 1 N–H and O–H groups in total. The van der Waals surface area contributed by atoms with E-state index in [0.29, 0.717) is 31.1 Å². The monoisotopic (exact) mass is 407 g/mol. The molecule has 7 nitrogen and oxygen atoms in total. The van der Waals surface area contributed by atoms with E-state index >= 15 is 0 Å². The van der Waals surface area contributed by atoms with Crippen molar-refractivity contribution in [3.05, 3.63) is 35.2 Å². The number of rotatable bonds is 5. The summed E-state index contributed by atoms with van der Waals surface area (Å²) in [5.74, 6) is 1.04. The highest BCUT2D eigenvalue weighted by Gasteiger charge is 2.14. The van der Waals surface area contributed by atoms with Crippen molar-refractivity contribution in [2.24, 2.45) is 0 Å². The lowest BCUT2D eigenvalue weighted by molar-refractivity contribution is -0.000227. The van der Waals surface area contributed by atoms with Crippen LogP contribution in [0.4, 0.5) is 9.52 Å². The summed E-state index contributed by atoms with van der Waals surface area (Å²) in [6, 6.07) is 5.27. The summed E-state index contributed by atoms with van der Waals surface area (Å²) in [4.78, 5) is 12.0. The van der Waals surface area contributed by atoms with Crippen LogP contribution < -0.4 is 9.64 Å². The van der Waals surface area contributed by atoms with E-state index < -0.39 is 6.29 Å². The van der Waals surface area contributed by atoms with Crippen LogP contribution in [0.15, 0.2) is 28.8 Å². The number of alkyl halides is 1. The molecule has 0 bridgehead atoms. The number of halogens is 1. The van der Waals surface area contributed by atoms with Crippen LogP contribution in [0.5, 0.6) is 5.75 Å². The fourth-order valence-electron chi connectivity index (χ4n) is 2.67. The number of aromatic nitrogens is 2. The number of hydrogen-bond donors (Lipinski definition) is 1. The second-order valence-corrected chi connectivity index (χ2v) is 6.97. The van der Waals surface area contributed by atoms with Crippen molar-refractivity contribution in [2.75, 3.05) is 32.0 Å². The Morgan fingerprint density at radius 3 is 2.96 bits per heavy atom. The van der Waals surface area contributed by atoms with Crippen molar-refractivity contribution in [3.8, 4) is 5.75 Å². The first-order valence-corrected chi connectivity index (χ1v) is 9.59. The Labute approximate surface area is 166 Å². The smallest absolute Gasteiger partial charge is 0.220 e. The topological polar surface area (TPSA) is 80.9 Å². The van der Waals surface area contributed by atoms with Gasteiger partial charge in [0, 0.05) is 29.8 Å². The molecule has 0 spiro atoms. The molecule has 3 aromatic rings. The third kappa shape index (κ3) is 5.06. The summed E-state index contributed by atoms with van der Waals surface area (Å²) < 4.78 is 25.9. The molecule has 0 radical (unpaired) electrons. The van der Waals surface area contributed by atoms with Crippen LogP contribution in [0.25, 0.3) is 23.3 Å². The van der Waals surface area contributed by atoms with Gasteiger partial charge in [0.2, 0.25) is 5.89 Å². The van der Waals surface area contributed by atoms with Crippen LogP contribution in [0.1, 0.15) is 24.1 Å². The van der Waals surface area contributed by atoms with Crippen molar-refractivity contribution in [1.82, 2.24) is 9.97 Å². The minimum Gasteiger partial charge on any atom is -0.465 e. The van der Waals surface area contributed by atoms with E-state index in [4.69, 9.17) is 13.9 Å². The number of fused-ring (bicyclic) bond motifs is 1. The summed E-state index contributed by atoms with van der Waals surface area (Å²) in [6.07, 6.45) is 5.74. The molecule has 9 heteroatoms. The molecule has 1 aromatic carbocycles. The molecule has 1 saturated heterocycles. The van der Waals surface area contributed by atoms with Gasteiger partial charge in [-0.1, -0.05) is 11.3 Å². The normalized spacial score (nSPS) is 15.5. The van der Waals surface area contributed by atoms with Crippen LogP contribution >= 0.6 is 11.3 Å². The van der Waals surface area contributed by atoms with Crippen molar-refractivity contribution in [2.45, 2.75) is 19.6 Å². The largest absolute Gasteiger partial charge is 0.465 e. The Balaban J connectivity index is 0.00000109. The fraction of sp³-hybridized carbons (Fsp3) is 0.368. The Hall–Kier alpha value is -2.49. The molecule has 0 saturated carbocycles. The van der Waals surface area contributed by atoms with Gasteiger partial charge in [-0.3, -0.25) is 4.39 Å². The highest BCUT2D eigenvalue weighted by molar-refractivity contribution is 7.16. The maximum Gasteiger partial charge on any atom is 0.220 e. The molecule has 1 aliphatic heterocycles. The number of benzene rings is 1. The van der Waals surface area contributed by atoms with Gasteiger partial charge in [-0.25, -0.2) is 9.97 Å². The summed E-state index contributed by atoms with van der Waals surface area (Å²) in [7, 11) is 0.500. The van der Waals surface area contributed by atoms with Crippen molar-refractivity contribution in [3.63, 3.8) is 0 Å². The molecule has 0 aliphatic carbocycles. The van der Waals surface area contributed by atoms with Crippen LogP contribution in [0.2, 0.25) is 0 Å². The molecule has 2 aromatic heterocycles. The molecule has 1 atom stereocenters. The van der Waals surface area contributed by atoms with E-state index in [1.165, 1.54) is 0 Å². The van der Waals surface area contributed by atoms with Crippen LogP contribution in [0.3, 0.4) is 0 Å². The zero-order valence-electron chi connectivity index (χ0n) is 15.7. The van der Waals surface area contributed by atoms with Crippen LogP contribution in [-0.2, 0) is 4.74 Å². The number of aliphatic hydroxyl groups excluding tert-OH is 1. The Morgan fingerprint density at radius 1 is 1.36 bits per heavy atom. The van der Waals surface area contributed by atoms with Crippen LogP contribution in [-0.4, -0.2) is 48.4 Å². The minimum atomic E-state index is -0.874. The number of anilines is 1. The van der Waals surface area contributed by atoms with E-state index in [2.05, 4.69) is 14.9 Å². The van der Waals surface area contributed by atoms with Gasteiger partial charge in [0.1, 0.15) is 18.0 Å². The first-order valence-electron chi connectivity index (χ1n) is 8.77. The number of ether oxygens (including phenoxy) is 2. The summed E-state index contributed by atoms with van der Waals surface area (Å²) >= 11 is 1.61. The Morgan fingerprint density at radius 2 is 2.21 bits per heavy atom. The lowest BCUT2D eigenvalue weighted by Gasteiger charge is -2.25. The lowest BCUT2D eigenvalue weighted by Crippen LogP contribution is -2.32. The molecule has 28 heavy (non-hydrogen) atoms. The first-order chi connectivity index (χ1) is 13.7. The van der Waals surface area contributed by atoms with E-state index in [1.807, 2.05) is 18.3 Å². The molecule has 1 aliphatic rings. The highest BCUT2D eigenvalue weighted by atomic mass is 32.1. The van der Waals surface area contributed by atoms with Crippen molar-refractivity contribution < 1.29 is 23.4 Å². The van der Waals surface area contributed by atoms with Gasteiger partial charge in [-0.15, -0.1) is 0 Å². The molecular weight excluding hydrogens is 385 g/mol.